The Morgan fingerprint density at radius 1 is 1.21 bits per heavy atom. The fourth-order valence-electron chi connectivity index (χ4n) is 6.31. The van der Waals surface area contributed by atoms with Crippen LogP contribution in [0, 0.1) is 16.7 Å². The minimum absolute atomic E-state index is 0.104. The van der Waals surface area contributed by atoms with Crippen LogP contribution in [-0.4, -0.2) is 56.4 Å². The highest BCUT2D eigenvalue weighted by atomic mass is 35.5. The van der Waals surface area contributed by atoms with Gasteiger partial charge in [-0.1, -0.05) is 20.8 Å². The Morgan fingerprint density at radius 2 is 1.97 bits per heavy atom. The molecule has 3 aliphatic rings. The van der Waals surface area contributed by atoms with Crippen LogP contribution in [-0.2, 0) is 4.79 Å². The van der Waals surface area contributed by atoms with Gasteiger partial charge in [-0.3, -0.25) is 4.79 Å². The number of piperidine rings is 1. The van der Waals surface area contributed by atoms with E-state index in [2.05, 4.69) is 50.5 Å². The van der Waals surface area contributed by atoms with Crippen LogP contribution in [0.25, 0.3) is 11.2 Å². The lowest BCUT2D eigenvalue weighted by atomic mass is 9.65. The molecule has 29 heavy (non-hydrogen) atoms. The molecule has 2 aromatic heterocycles. The van der Waals surface area contributed by atoms with E-state index in [4.69, 9.17) is 11.6 Å². The molecule has 0 radical (unpaired) electrons. The lowest BCUT2D eigenvalue weighted by Gasteiger charge is -2.40. The molecule has 156 valence electrons. The average Bonchev–Trinajstić information content (AvgIpc) is 3.21. The van der Waals surface area contributed by atoms with Crippen LogP contribution >= 0.6 is 11.6 Å². The number of nitrogens with one attached hydrogen (secondary N) is 1. The highest BCUT2D eigenvalue weighted by Gasteiger charge is 2.51. The van der Waals surface area contributed by atoms with Gasteiger partial charge >= 0.3 is 0 Å². The van der Waals surface area contributed by atoms with Crippen LogP contribution in [0.3, 0.4) is 0 Å². The summed E-state index contributed by atoms with van der Waals surface area (Å²) in [6.45, 7) is 9.58. The molecule has 5 rings (SSSR count). The number of imidazole rings is 1. The predicted octanol–water partition coefficient (Wildman–Crippen LogP) is 3.65. The van der Waals surface area contributed by atoms with Gasteiger partial charge in [-0.15, -0.1) is 0 Å². The van der Waals surface area contributed by atoms with Gasteiger partial charge in [0.2, 0.25) is 11.2 Å². The Bertz CT molecular complexity index is 950. The Labute approximate surface area is 176 Å². The lowest BCUT2D eigenvalue weighted by Crippen LogP contribution is -2.45. The largest absolute Gasteiger partial charge is 0.355 e. The van der Waals surface area contributed by atoms with Crippen molar-refractivity contribution in [2.45, 2.75) is 58.9 Å². The van der Waals surface area contributed by atoms with Crippen molar-refractivity contribution >= 4 is 34.5 Å². The number of amides is 1. The normalized spacial score (nSPS) is 29.6. The number of carbonyl (C=O) groups is 1. The monoisotopic (exact) mass is 416 g/mol. The second-order valence-corrected chi connectivity index (χ2v) is 10.7. The van der Waals surface area contributed by atoms with E-state index in [9.17, 15) is 4.79 Å². The third kappa shape index (κ3) is 3.37. The van der Waals surface area contributed by atoms with E-state index < -0.39 is 0 Å². The minimum Gasteiger partial charge on any atom is -0.355 e. The Morgan fingerprint density at radius 3 is 2.72 bits per heavy atom. The third-order valence-corrected chi connectivity index (χ3v) is 7.25. The van der Waals surface area contributed by atoms with Gasteiger partial charge in [-0.05, 0) is 54.5 Å². The first kappa shape index (κ1) is 19.1. The van der Waals surface area contributed by atoms with Gasteiger partial charge in [-0.2, -0.15) is 9.97 Å². The van der Waals surface area contributed by atoms with Crippen molar-refractivity contribution in [1.29, 1.82) is 0 Å². The molecule has 3 fully saturated rings. The van der Waals surface area contributed by atoms with E-state index in [0.717, 1.165) is 56.7 Å². The number of likely N-dealkylation sites (tertiary alicyclic amines) is 1. The number of halogens is 1. The van der Waals surface area contributed by atoms with Crippen LogP contribution in [0.4, 0.5) is 5.82 Å². The standard InChI is InChI=1S/C21H29ClN6O/c1-20(2)8-14-9-21(3,10-20)11-28(14)18(29)13-4-6-27(7-5-13)17-15-16(24-12-23-15)25-19(22)26-17/h12-14H,4-11H2,1-3H3,(H,23,24,25,26)/t14-,21-/m1/s1. The van der Waals surface area contributed by atoms with Crippen LogP contribution in [0.1, 0.15) is 52.9 Å². The molecular formula is C21H29ClN6O. The maximum atomic E-state index is 13.4. The molecule has 7 nitrogen and oxygen atoms in total. The molecule has 2 atom stereocenters. The van der Waals surface area contributed by atoms with Gasteiger partial charge in [0.15, 0.2) is 11.5 Å². The lowest BCUT2D eigenvalue weighted by molar-refractivity contribution is -0.137. The molecule has 8 heteroatoms. The van der Waals surface area contributed by atoms with E-state index in [1.54, 1.807) is 6.33 Å². The number of H-pyrrole nitrogens is 1. The summed E-state index contributed by atoms with van der Waals surface area (Å²) in [6.07, 6.45) is 6.82. The molecule has 2 saturated heterocycles. The van der Waals surface area contributed by atoms with E-state index in [1.807, 2.05) is 0 Å². The van der Waals surface area contributed by atoms with Gasteiger partial charge in [0.05, 0.1) is 6.33 Å². The quantitative estimate of drug-likeness (QED) is 0.756. The number of anilines is 1. The van der Waals surface area contributed by atoms with Gasteiger partial charge in [-0.25, -0.2) is 4.98 Å². The number of nitrogens with zero attached hydrogens (tertiary/aromatic N) is 5. The van der Waals surface area contributed by atoms with Crippen molar-refractivity contribution in [2.24, 2.45) is 16.7 Å². The number of aromatic nitrogens is 4. The van der Waals surface area contributed by atoms with E-state index in [1.165, 1.54) is 6.42 Å². The van der Waals surface area contributed by atoms with E-state index in [-0.39, 0.29) is 16.6 Å². The molecule has 1 aliphatic carbocycles. The van der Waals surface area contributed by atoms with E-state index >= 15 is 0 Å². The highest BCUT2D eigenvalue weighted by molar-refractivity contribution is 6.28. The highest BCUT2D eigenvalue weighted by Crippen LogP contribution is 2.52. The van der Waals surface area contributed by atoms with Crippen molar-refractivity contribution in [3.63, 3.8) is 0 Å². The zero-order valence-corrected chi connectivity index (χ0v) is 18.2. The number of hydrogen-bond donors (Lipinski definition) is 1. The van der Waals surface area contributed by atoms with Crippen molar-refractivity contribution in [3.05, 3.63) is 11.6 Å². The molecule has 2 aliphatic heterocycles. The summed E-state index contributed by atoms with van der Waals surface area (Å²) in [4.78, 5) is 33.7. The Balaban J connectivity index is 1.29. The SMILES string of the molecule is CC1(C)C[C@@H]2C[C@@](C)(CN2C(=O)C2CCN(c3nc(Cl)nc4nc[nH]c34)CC2)C1. The van der Waals surface area contributed by atoms with Crippen LogP contribution < -0.4 is 4.90 Å². The maximum Gasteiger partial charge on any atom is 0.226 e. The molecule has 0 aromatic carbocycles. The van der Waals surface area contributed by atoms with Gasteiger partial charge in [0.1, 0.15) is 5.52 Å². The third-order valence-electron chi connectivity index (χ3n) is 7.08. The van der Waals surface area contributed by atoms with Gasteiger partial charge in [0.25, 0.3) is 0 Å². The molecule has 2 bridgehead atoms. The molecule has 1 saturated carbocycles. The Kier molecular flexibility index (Phi) is 4.32. The minimum atomic E-state index is 0.104. The maximum absolute atomic E-state index is 13.4. The van der Waals surface area contributed by atoms with Crippen molar-refractivity contribution in [3.8, 4) is 0 Å². The topological polar surface area (TPSA) is 78.0 Å². The number of rotatable bonds is 2. The fourth-order valence-corrected chi connectivity index (χ4v) is 6.47. The van der Waals surface area contributed by atoms with E-state index in [0.29, 0.717) is 23.0 Å². The summed E-state index contributed by atoms with van der Waals surface area (Å²) in [5.74, 6) is 1.25. The molecule has 4 heterocycles. The van der Waals surface area contributed by atoms with Crippen LogP contribution in [0.5, 0.6) is 0 Å². The average molecular weight is 417 g/mol. The zero-order valence-electron chi connectivity index (χ0n) is 17.4. The zero-order chi connectivity index (χ0) is 20.4. The first-order valence-electron chi connectivity index (χ1n) is 10.7. The molecule has 1 amide bonds. The molecular weight excluding hydrogens is 388 g/mol. The van der Waals surface area contributed by atoms with Crippen LogP contribution in [0.15, 0.2) is 6.33 Å². The summed E-state index contributed by atoms with van der Waals surface area (Å²) in [6, 6.07) is 0.416. The number of aromatic amines is 1. The van der Waals surface area contributed by atoms with Crippen molar-refractivity contribution < 1.29 is 4.79 Å². The number of carbonyl (C=O) groups excluding carboxylic acids is 1. The summed E-state index contributed by atoms with van der Waals surface area (Å²) < 4.78 is 0. The van der Waals surface area contributed by atoms with Gasteiger partial charge < -0.3 is 14.8 Å². The smallest absolute Gasteiger partial charge is 0.226 e. The second-order valence-electron chi connectivity index (χ2n) is 10.4. The molecule has 0 unspecified atom stereocenters. The summed E-state index contributed by atoms with van der Waals surface area (Å²) in [5, 5.41) is 0.206. The first-order valence-corrected chi connectivity index (χ1v) is 11.0. The van der Waals surface area contributed by atoms with Gasteiger partial charge in [0, 0.05) is 31.6 Å². The molecule has 0 spiro atoms. The fraction of sp³-hybridized carbons (Fsp3) is 0.714. The second kappa shape index (κ2) is 6.56. The summed E-state index contributed by atoms with van der Waals surface area (Å²) >= 11 is 6.09. The first-order chi connectivity index (χ1) is 13.7. The summed E-state index contributed by atoms with van der Waals surface area (Å²) in [5.41, 5.74) is 2.01. The van der Waals surface area contributed by atoms with Crippen LogP contribution in [0.2, 0.25) is 5.28 Å². The Hall–Kier alpha value is -1.89. The molecule has 1 N–H and O–H groups in total. The van der Waals surface area contributed by atoms with Crippen molar-refractivity contribution in [1.82, 2.24) is 24.8 Å². The summed E-state index contributed by atoms with van der Waals surface area (Å²) in [7, 11) is 0. The van der Waals surface area contributed by atoms with Crippen molar-refractivity contribution in [2.75, 3.05) is 24.5 Å². The molecule has 2 aromatic rings. The number of hydrogen-bond acceptors (Lipinski definition) is 5. The predicted molar refractivity (Wildman–Crippen MR) is 113 cm³/mol. The number of fused-ring (bicyclic) bond motifs is 3.